The van der Waals surface area contributed by atoms with E-state index < -0.39 is 0 Å². The van der Waals surface area contributed by atoms with Crippen molar-refractivity contribution in [3.63, 3.8) is 0 Å². The van der Waals surface area contributed by atoms with Crippen molar-refractivity contribution in [3.05, 3.63) is 82.9 Å². The Hall–Kier alpha value is -4.64. The Balaban J connectivity index is 1.28. The van der Waals surface area contributed by atoms with Crippen molar-refractivity contribution in [1.29, 1.82) is 5.41 Å². The number of amides is 1. The molecule has 0 aliphatic heterocycles. The van der Waals surface area contributed by atoms with E-state index in [1.165, 1.54) is 17.7 Å². The van der Waals surface area contributed by atoms with Gasteiger partial charge in [0.25, 0.3) is 5.91 Å². The third-order valence-electron chi connectivity index (χ3n) is 6.53. The Morgan fingerprint density at radius 1 is 1.13 bits per heavy atom. The van der Waals surface area contributed by atoms with Crippen LogP contribution in [0.2, 0.25) is 0 Å². The van der Waals surface area contributed by atoms with Gasteiger partial charge in [0.1, 0.15) is 6.33 Å². The zero-order chi connectivity index (χ0) is 26.9. The van der Waals surface area contributed by atoms with Crippen LogP contribution in [0.15, 0.2) is 60.4 Å². The van der Waals surface area contributed by atoms with E-state index in [9.17, 15) is 4.79 Å². The number of carbonyl (C=O) groups excluding carboxylic acids is 1. The molecule has 1 amide bonds. The molecule has 0 spiro atoms. The maximum atomic E-state index is 13.5. The molecular formula is C28H27N9OS. The Kier molecular flexibility index (Phi) is 6.49. The van der Waals surface area contributed by atoms with Crippen LogP contribution in [0.25, 0.3) is 10.2 Å². The molecule has 1 fully saturated rings. The quantitative estimate of drug-likeness (QED) is 0.182. The number of aryl methyl sites for hydroxylation is 2. The van der Waals surface area contributed by atoms with Gasteiger partial charge < -0.3 is 21.4 Å². The predicted octanol–water partition coefficient (Wildman–Crippen LogP) is 5.51. The zero-order valence-electron chi connectivity index (χ0n) is 21.5. The molecule has 4 N–H and O–H groups in total. The van der Waals surface area contributed by atoms with Gasteiger partial charge in [-0.2, -0.15) is 5.10 Å². The number of nitrogens with one attached hydrogen (secondary N) is 4. The smallest absolute Gasteiger partial charge is 0.258 e. The van der Waals surface area contributed by atoms with Crippen LogP contribution in [0.5, 0.6) is 0 Å². The highest BCUT2D eigenvalue weighted by atomic mass is 32.1. The Morgan fingerprint density at radius 2 is 1.95 bits per heavy atom. The van der Waals surface area contributed by atoms with Crippen LogP contribution in [0, 0.1) is 18.3 Å². The van der Waals surface area contributed by atoms with Crippen molar-refractivity contribution in [2.45, 2.75) is 26.3 Å². The molecule has 6 rings (SSSR count). The van der Waals surface area contributed by atoms with Gasteiger partial charge in [0, 0.05) is 53.3 Å². The second-order valence-electron chi connectivity index (χ2n) is 9.54. The van der Waals surface area contributed by atoms with Gasteiger partial charge in [0.15, 0.2) is 11.6 Å². The standard InChI is InChI=1S/C28H27N9OS/c1-16-5-3-6-18(33-16)13-30-20-7-4-8-21(23(20)24(29)17-9-10-17)34-28(38)19-14-39-26-25(19)31-15-32-27(26)35-22-11-12-37(2)36-22/h3-8,11-12,14-15,17,29-30H,9-10,13H2,1-2H3,(H,34,38)(H,31,32,35,36). The van der Waals surface area contributed by atoms with Gasteiger partial charge in [-0.05, 0) is 44.0 Å². The number of anilines is 4. The van der Waals surface area contributed by atoms with E-state index in [1.807, 2.05) is 62.6 Å². The van der Waals surface area contributed by atoms with Gasteiger partial charge in [-0.1, -0.05) is 12.1 Å². The van der Waals surface area contributed by atoms with Crippen LogP contribution in [-0.4, -0.2) is 36.4 Å². The highest BCUT2D eigenvalue weighted by Gasteiger charge is 2.31. The van der Waals surface area contributed by atoms with Gasteiger partial charge in [0.2, 0.25) is 0 Å². The van der Waals surface area contributed by atoms with Gasteiger partial charge in [-0.3, -0.25) is 14.5 Å². The molecular weight excluding hydrogens is 510 g/mol. The molecule has 11 heteroatoms. The van der Waals surface area contributed by atoms with Gasteiger partial charge in [-0.15, -0.1) is 11.3 Å². The first-order chi connectivity index (χ1) is 19.0. The number of hydrogen-bond donors (Lipinski definition) is 4. The minimum atomic E-state index is -0.286. The number of pyridine rings is 1. The SMILES string of the molecule is Cc1cccc(CNc2cccc(NC(=O)c3csc4c(Nc5ccn(C)n5)ncnc34)c2C(=N)C2CC2)n1. The van der Waals surface area contributed by atoms with Crippen LogP contribution in [0.4, 0.5) is 23.0 Å². The number of nitrogens with zero attached hydrogens (tertiary/aromatic N) is 5. The molecule has 0 radical (unpaired) electrons. The fourth-order valence-corrected chi connectivity index (χ4v) is 5.39. The lowest BCUT2D eigenvalue weighted by atomic mass is 10.0. The third-order valence-corrected chi connectivity index (χ3v) is 7.51. The molecule has 1 aliphatic carbocycles. The predicted molar refractivity (Wildman–Crippen MR) is 154 cm³/mol. The van der Waals surface area contributed by atoms with Crippen molar-refractivity contribution in [1.82, 2.24) is 24.7 Å². The fraction of sp³-hybridized carbons (Fsp3) is 0.214. The number of carbonyl (C=O) groups is 1. The largest absolute Gasteiger partial charge is 0.379 e. The number of hydrogen-bond acceptors (Lipinski definition) is 9. The van der Waals surface area contributed by atoms with E-state index in [0.29, 0.717) is 46.2 Å². The summed E-state index contributed by atoms with van der Waals surface area (Å²) in [6.07, 6.45) is 5.25. The van der Waals surface area contributed by atoms with E-state index in [2.05, 4.69) is 36.0 Å². The lowest BCUT2D eigenvalue weighted by molar-refractivity contribution is 0.102. The highest BCUT2D eigenvalue weighted by molar-refractivity contribution is 7.18. The number of benzene rings is 1. The number of rotatable bonds is 9. The van der Waals surface area contributed by atoms with E-state index in [-0.39, 0.29) is 11.8 Å². The normalized spacial score (nSPS) is 12.9. The molecule has 4 aromatic heterocycles. The fourth-order valence-electron chi connectivity index (χ4n) is 4.45. The summed E-state index contributed by atoms with van der Waals surface area (Å²) >= 11 is 1.40. The van der Waals surface area contributed by atoms with E-state index >= 15 is 0 Å². The summed E-state index contributed by atoms with van der Waals surface area (Å²) < 4.78 is 2.46. The number of aromatic nitrogens is 5. The summed E-state index contributed by atoms with van der Waals surface area (Å²) in [5.74, 6) is 1.17. The lowest BCUT2D eigenvalue weighted by Crippen LogP contribution is -2.17. The average Bonchev–Trinajstić information content (AvgIpc) is 3.56. The monoisotopic (exact) mass is 537 g/mol. The summed E-state index contributed by atoms with van der Waals surface area (Å²) in [4.78, 5) is 26.9. The maximum Gasteiger partial charge on any atom is 0.258 e. The summed E-state index contributed by atoms with van der Waals surface area (Å²) in [5, 5.41) is 24.7. The van der Waals surface area contributed by atoms with Crippen molar-refractivity contribution >= 4 is 56.2 Å². The Morgan fingerprint density at radius 3 is 2.72 bits per heavy atom. The summed E-state index contributed by atoms with van der Waals surface area (Å²) in [7, 11) is 1.84. The maximum absolute atomic E-state index is 13.5. The molecule has 39 heavy (non-hydrogen) atoms. The van der Waals surface area contributed by atoms with Crippen LogP contribution in [0.1, 0.15) is 40.2 Å². The van der Waals surface area contributed by atoms with Gasteiger partial charge in [0.05, 0.1) is 33.7 Å². The molecule has 196 valence electrons. The average molecular weight is 538 g/mol. The number of thiophene rings is 1. The first-order valence-electron chi connectivity index (χ1n) is 12.6. The second-order valence-corrected chi connectivity index (χ2v) is 10.4. The molecule has 0 saturated heterocycles. The first kappa shape index (κ1) is 24.7. The highest BCUT2D eigenvalue weighted by Crippen LogP contribution is 2.38. The van der Waals surface area contributed by atoms with Gasteiger partial charge in [-0.25, -0.2) is 9.97 Å². The van der Waals surface area contributed by atoms with Crippen LogP contribution in [-0.2, 0) is 13.6 Å². The lowest BCUT2D eigenvalue weighted by Gasteiger charge is -2.18. The van der Waals surface area contributed by atoms with E-state index in [4.69, 9.17) is 5.41 Å². The summed E-state index contributed by atoms with van der Waals surface area (Å²) in [6, 6.07) is 13.4. The molecule has 1 aliphatic rings. The molecule has 4 heterocycles. The minimum Gasteiger partial charge on any atom is -0.379 e. The van der Waals surface area contributed by atoms with Crippen LogP contribution in [0.3, 0.4) is 0 Å². The zero-order valence-corrected chi connectivity index (χ0v) is 22.3. The van der Waals surface area contributed by atoms with E-state index in [0.717, 1.165) is 34.6 Å². The Bertz CT molecular complexity index is 1700. The van der Waals surface area contributed by atoms with Gasteiger partial charge >= 0.3 is 0 Å². The molecule has 1 aromatic carbocycles. The third kappa shape index (κ3) is 5.21. The van der Waals surface area contributed by atoms with Crippen LogP contribution < -0.4 is 16.0 Å². The molecule has 0 atom stereocenters. The molecule has 0 bridgehead atoms. The topological polar surface area (TPSA) is 134 Å². The molecule has 5 aromatic rings. The van der Waals surface area contributed by atoms with E-state index in [1.54, 1.807) is 10.1 Å². The first-order valence-corrected chi connectivity index (χ1v) is 13.5. The minimum absolute atomic E-state index is 0.204. The summed E-state index contributed by atoms with van der Waals surface area (Å²) in [5.41, 5.74) is 5.51. The van der Waals surface area contributed by atoms with Crippen molar-refractivity contribution in [3.8, 4) is 0 Å². The van der Waals surface area contributed by atoms with Crippen molar-refractivity contribution in [2.24, 2.45) is 13.0 Å². The van der Waals surface area contributed by atoms with Crippen LogP contribution >= 0.6 is 11.3 Å². The second kappa shape index (κ2) is 10.3. The summed E-state index contributed by atoms with van der Waals surface area (Å²) in [6.45, 7) is 2.48. The number of fused-ring (bicyclic) bond motifs is 1. The Labute approximate surface area is 229 Å². The molecule has 0 unspecified atom stereocenters. The van der Waals surface area contributed by atoms with Crippen molar-refractivity contribution in [2.75, 3.05) is 16.0 Å². The molecule has 1 saturated carbocycles. The molecule has 10 nitrogen and oxygen atoms in total. The van der Waals surface area contributed by atoms with Crippen molar-refractivity contribution < 1.29 is 4.79 Å².